The average molecular weight is 314 g/mol. The van der Waals surface area contributed by atoms with E-state index in [9.17, 15) is 17.2 Å². The Balaban J connectivity index is 2.93. The molecule has 108 valence electrons. The first kappa shape index (κ1) is 16.3. The molecule has 0 aliphatic heterocycles. The predicted molar refractivity (Wildman–Crippen MR) is 67.7 cm³/mol. The van der Waals surface area contributed by atoms with E-state index >= 15 is 0 Å². The Labute approximate surface area is 116 Å². The van der Waals surface area contributed by atoms with E-state index in [-0.39, 0.29) is 18.0 Å². The SMILES string of the molecule is COCC(Cl)CN(C)S(=O)(=O)c1ccc(F)c(F)c1. The highest BCUT2D eigenvalue weighted by atomic mass is 35.5. The van der Waals surface area contributed by atoms with Gasteiger partial charge in [-0.2, -0.15) is 4.31 Å². The van der Waals surface area contributed by atoms with Crippen LogP contribution in [0.4, 0.5) is 8.78 Å². The summed E-state index contributed by atoms with van der Waals surface area (Å²) in [6.45, 7) is 0.177. The highest BCUT2D eigenvalue weighted by Crippen LogP contribution is 2.18. The smallest absolute Gasteiger partial charge is 0.242 e. The first-order chi connectivity index (χ1) is 8.78. The second kappa shape index (κ2) is 6.60. The lowest BCUT2D eigenvalue weighted by molar-refractivity contribution is 0.192. The molecule has 0 saturated heterocycles. The molecule has 0 amide bonds. The minimum Gasteiger partial charge on any atom is -0.383 e. The average Bonchev–Trinajstić information content (AvgIpc) is 2.32. The molecule has 0 aliphatic rings. The number of methoxy groups -OCH3 is 1. The maximum absolute atomic E-state index is 13.1. The summed E-state index contributed by atoms with van der Waals surface area (Å²) in [5.41, 5.74) is 0. The standard InChI is InChI=1S/C11H14ClF2NO3S/c1-15(6-8(12)7-18-2)19(16,17)9-3-4-10(13)11(14)5-9/h3-5,8H,6-7H2,1-2H3. The van der Waals surface area contributed by atoms with Crippen LogP contribution in [0.5, 0.6) is 0 Å². The summed E-state index contributed by atoms with van der Waals surface area (Å²) >= 11 is 5.86. The van der Waals surface area contributed by atoms with Crippen LogP contribution in [0.15, 0.2) is 23.1 Å². The normalized spacial score (nSPS) is 13.8. The molecule has 0 aromatic heterocycles. The van der Waals surface area contributed by atoms with Gasteiger partial charge < -0.3 is 4.74 Å². The number of halogens is 3. The molecule has 0 fully saturated rings. The Morgan fingerprint density at radius 1 is 1.37 bits per heavy atom. The fourth-order valence-electron chi connectivity index (χ4n) is 1.43. The quantitative estimate of drug-likeness (QED) is 0.753. The van der Waals surface area contributed by atoms with Crippen molar-refractivity contribution in [2.45, 2.75) is 10.3 Å². The van der Waals surface area contributed by atoms with Gasteiger partial charge in [-0.1, -0.05) is 0 Å². The lowest BCUT2D eigenvalue weighted by Crippen LogP contribution is -2.34. The number of benzene rings is 1. The van der Waals surface area contributed by atoms with E-state index in [2.05, 4.69) is 0 Å². The number of hydrogen-bond acceptors (Lipinski definition) is 3. The Kier molecular flexibility index (Phi) is 5.66. The van der Waals surface area contributed by atoms with Gasteiger partial charge in [-0.05, 0) is 18.2 Å². The number of sulfonamides is 1. The van der Waals surface area contributed by atoms with Crippen molar-refractivity contribution in [1.82, 2.24) is 4.31 Å². The first-order valence-electron chi connectivity index (χ1n) is 5.33. The van der Waals surface area contributed by atoms with Crippen molar-refractivity contribution in [3.05, 3.63) is 29.8 Å². The maximum atomic E-state index is 13.1. The Hall–Kier alpha value is -0.760. The molecule has 8 heteroatoms. The molecule has 0 aliphatic carbocycles. The van der Waals surface area contributed by atoms with Crippen LogP contribution in [0.2, 0.25) is 0 Å². The molecule has 0 bridgehead atoms. The van der Waals surface area contributed by atoms with Gasteiger partial charge in [0.1, 0.15) is 0 Å². The molecular weight excluding hydrogens is 300 g/mol. The summed E-state index contributed by atoms with van der Waals surface area (Å²) in [6.07, 6.45) is 0. The lowest BCUT2D eigenvalue weighted by atomic mass is 10.3. The van der Waals surface area contributed by atoms with Crippen LogP contribution in [-0.2, 0) is 14.8 Å². The topological polar surface area (TPSA) is 46.6 Å². The van der Waals surface area contributed by atoms with Gasteiger partial charge in [0.25, 0.3) is 0 Å². The molecule has 0 spiro atoms. The van der Waals surface area contributed by atoms with Crippen molar-refractivity contribution in [3.63, 3.8) is 0 Å². The van der Waals surface area contributed by atoms with Gasteiger partial charge in [0.15, 0.2) is 11.6 Å². The van der Waals surface area contributed by atoms with Crippen molar-refractivity contribution in [1.29, 1.82) is 0 Å². The summed E-state index contributed by atoms with van der Waals surface area (Å²) in [5, 5.41) is -0.532. The third kappa shape index (κ3) is 4.10. The zero-order valence-electron chi connectivity index (χ0n) is 10.4. The van der Waals surface area contributed by atoms with Gasteiger partial charge in [-0.3, -0.25) is 0 Å². The lowest BCUT2D eigenvalue weighted by Gasteiger charge is -2.19. The predicted octanol–water partition coefficient (Wildman–Crippen LogP) is 1.84. The summed E-state index contributed by atoms with van der Waals surface area (Å²) in [6, 6.07) is 2.41. The zero-order chi connectivity index (χ0) is 14.6. The summed E-state index contributed by atoms with van der Waals surface area (Å²) in [4.78, 5) is -0.324. The van der Waals surface area contributed by atoms with Crippen LogP contribution in [0, 0.1) is 11.6 Å². The first-order valence-corrected chi connectivity index (χ1v) is 7.21. The van der Waals surface area contributed by atoms with E-state index in [4.69, 9.17) is 16.3 Å². The number of alkyl halides is 1. The molecule has 1 unspecified atom stereocenters. The van der Waals surface area contributed by atoms with Crippen LogP contribution >= 0.6 is 11.6 Å². The molecule has 1 rings (SSSR count). The van der Waals surface area contributed by atoms with Crippen LogP contribution in [0.3, 0.4) is 0 Å². The van der Waals surface area contributed by atoms with Crippen LogP contribution < -0.4 is 0 Å². The molecule has 1 atom stereocenters. The van der Waals surface area contributed by atoms with Crippen molar-refractivity contribution in [2.24, 2.45) is 0 Å². The summed E-state index contributed by atoms with van der Waals surface area (Å²) in [7, 11) is -1.15. The fraction of sp³-hybridized carbons (Fsp3) is 0.455. The monoisotopic (exact) mass is 313 g/mol. The molecule has 4 nitrogen and oxygen atoms in total. The minimum absolute atomic E-state index is 0.00325. The molecule has 0 radical (unpaired) electrons. The number of nitrogens with zero attached hydrogens (tertiary/aromatic N) is 1. The zero-order valence-corrected chi connectivity index (χ0v) is 12.0. The van der Waals surface area contributed by atoms with Gasteiger partial charge in [0, 0.05) is 20.7 Å². The fourth-order valence-corrected chi connectivity index (χ4v) is 3.07. The molecular formula is C11H14ClF2NO3S. The van der Waals surface area contributed by atoms with E-state index in [1.807, 2.05) is 0 Å². The second-order valence-corrected chi connectivity index (χ2v) is 6.58. The molecule has 0 N–H and O–H groups in total. The number of hydrogen-bond donors (Lipinski definition) is 0. The summed E-state index contributed by atoms with van der Waals surface area (Å²) in [5.74, 6) is -2.31. The molecule has 1 aromatic carbocycles. The highest BCUT2D eigenvalue weighted by molar-refractivity contribution is 7.89. The van der Waals surface area contributed by atoms with Crippen molar-refractivity contribution < 1.29 is 21.9 Å². The van der Waals surface area contributed by atoms with Crippen molar-refractivity contribution in [2.75, 3.05) is 27.3 Å². The van der Waals surface area contributed by atoms with Gasteiger partial charge in [-0.25, -0.2) is 17.2 Å². The van der Waals surface area contributed by atoms with Gasteiger partial charge >= 0.3 is 0 Å². The molecule has 19 heavy (non-hydrogen) atoms. The molecule has 0 heterocycles. The Bertz CT molecular complexity index is 539. The number of rotatable bonds is 6. The Morgan fingerprint density at radius 3 is 2.53 bits per heavy atom. The van der Waals surface area contributed by atoms with E-state index in [0.29, 0.717) is 6.07 Å². The van der Waals surface area contributed by atoms with Crippen molar-refractivity contribution in [3.8, 4) is 0 Å². The van der Waals surface area contributed by atoms with Gasteiger partial charge in [-0.15, -0.1) is 11.6 Å². The maximum Gasteiger partial charge on any atom is 0.242 e. The van der Waals surface area contributed by atoms with Crippen LogP contribution in [-0.4, -0.2) is 45.4 Å². The largest absolute Gasteiger partial charge is 0.383 e. The van der Waals surface area contributed by atoms with Gasteiger partial charge in [0.2, 0.25) is 10.0 Å². The second-order valence-electron chi connectivity index (χ2n) is 3.91. The molecule has 0 saturated carbocycles. The molecule has 1 aromatic rings. The number of ether oxygens (including phenoxy) is 1. The van der Waals surface area contributed by atoms with E-state index in [1.54, 1.807) is 0 Å². The van der Waals surface area contributed by atoms with Gasteiger partial charge in [0.05, 0.1) is 16.9 Å². The van der Waals surface area contributed by atoms with E-state index in [1.165, 1.54) is 14.2 Å². The van der Waals surface area contributed by atoms with E-state index in [0.717, 1.165) is 16.4 Å². The third-order valence-corrected chi connectivity index (χ3v) is 4.49. The van der Waals surface area contributed by atoms with Crippen molar-refractivity contribution >= 4 is 21.6 Å². The van der Waals surface area contributed by atoms with Crippen LogP contribution in [0.25, 0.3) is 0 Å². The highest BCUT2D eigenvalue weighted by Gasteiger charge is 2.24. The minimum atomic E-state index is -3.90. The Morgan fingerprint density at radius 2 is 2.00 bits per heavy atom. The third-order valence-electron chi connectivity index (χ3n) is 2.40. The summed E-state index contributed by atoms with van der Waals surface area (Å²) < 4.78 is 55.7. The van der Waals surface area contributed by atoms with E-state index < -0.39 is 27.0 Å². The van der Waals surface area contributed by atoms with Crippen LogP contribution in [0.1, 0.15) is 0 Å².